The van der Waals surface area contributed by atoms with Crippen LogP contribution in [0.2, 0.25) is 0 Å². The van der Waals surface area contributed by atoms with Gasteiger partial charge in [0.05, 0.1) is 0 Å². The molecule has 7 heteroatoms. The molecule has 0 aromatic heterocycles. The van der Waals surface area contributed by atoms with Crippen LogP contribution in [0.4, 0.5) is 10.1 Å². The summed E-state index contributed by atoms with van der Waals surface area (Å²) in [6.45, 7) is 2.11. The van der Waals surface area contributed by atoms with Gasteiger partial charge in [0, 0.05) is 25.4 Å². The number of aliphatic hydroxyl groups is 1. The van der Waals surface area contributed by atoms with E-state index in [1.165, 1.54) is 10.4 Å². The lowest BCUT2D eigenvalue weighted by atomic mass is 10.0. The summed E-state index contributed by atoms with van der Waals surface area (Å²) in [5.74, 6) is -0.882. The van der Waals surface area contributed by atoms with Crippen molar-refractivity contribution in [3.8, 4) is 0 Å². The standard InChI is InChI=1S/C13H19FN2O3S/c1-9-5-11(14)13(6-12(9)15)20(18,19)16-4-2-3-10(7-16)8-17/h5-6,10,17H,2-4,7-8,15H2,1H3. The molecule has 2 rings (SSSR count). The molecule has 1 saturated heterocycles. The Kier molecular flexibility index (Phi) is 4.31. The van der Waals surface area contributed by atoms with E-state index < -0.39 is 15.8 Å². The monoisotopic (exact) mass is 302 g/mol. The molecule has 0 bridgehead atoms. The molecule has 0 saturated carbocycles. The van der Waals surface area contributed by atoms with E-state index in [0.29, 0.717) is 18.5 Å². The molecule has 1 aliphatic rings. The van der Waals surface area contributed by atoms with Crippen LogP contribution in [0, 0.1) is 18.7 Å². The van der Waals surface area contributed by atoms with Crippen LogP contribution in [0.25, 0.3) is 0 Å². The van der Waals surface area contributed by atoms with Crippen molar-refractivity contribution in [1.29, 1.82) is 0 Å². The first-order valence-electron chi connectivity index (χ1n) is 6.53. The van der Waals surface area contributed by atoms with E-state index in [1.807, 2.05) is 0 Å². The zero-order chi connectivity index (χ0) is 14.9. The van der Waals surface area contributed by atoms with Crippen molar-refractivity contribution in [2.75, 3.05) is 25.4 Å². The number of hydrogen-bond acceptors (Lipinski definition) is 4. The van der Waals surface area contributed by atoms with Gasteiger partial charge in [-0.3, -0.25) is 0 Å². The molecule has 3 N–H and O–H groups in total. The molecule has 112 valence electrons. The molecule has 0 spiro atoms. The fourth-order valence-corrected chi connectivity index (χ4v) is 4.04. The van der Waals surface area contributed by atoms with Crippen molar-refractivity contribution in [3.63, 3.8) is 0 Å². The predicted molar refractivity (Wildman–Crippen MR) is 74.1 cm³/mol. The van der Waals surface area contributed by atoms with Crippen molar-refractivity contribution in [3.05, 3.63) is 23.5 Å². The van der Waals surface area contributed by atoms with Crippen LogP contribution in [0.5, 0.6) is 0 Å². The second-order valence-corrected chi connectivity index (χ2v) is 7.10. The molecule has 1 aromatic carbocycles. The summed E-state index contributed by atoms with van der Waals surface area (Å²) >= 11 is 0. The van der Waals surface area contributed by atoms with Gasteiger partial charge in [-0.05, 0) is 43.4 Å². The fraction of sp³-hybridized carbons (Fsp3) is 0.538. The minimum Gasteiger partial charge on any atom is -0.398 e. The van der Waals surface area contributed by atoms with Crippen molar-refractivity contribution in [2.24, 2.45) is 5.92 Å². The molecule has 5 nitrogen and oxygen atoms in total. The number of anilines is 1. The number of halogens is 1. The third-order valence-electron chi connectivity index (χ3n) is 3.68. The van der Waals surface area contributed by atoms with Crippen LogP contribution in [-0.2, 0) is 10.0 Å². The number of sulfonamides is 1. The smallest absolute Gasteiger partial charge is 0.246 e. The molecular formula is C13H19FN2O3S. The third kappa shape index (κ3) is 2.79. The Morgan fingerprint density at radius 3 is 2.85 bits per heavy atom. The SMILES string of the molecule is Cc1cc(F)c(S(=O)(=O)N2CCCC(CO)C2)cc1N. The molecule has 20 heavy (non-hydrogen) atoms. The molecule has 1 aromatic rings. The Balaban J connectivity index is 2.37. The highest BCUT2D eigenvalue weighted by atomic mass is 32.2. The van der Waals surface area contributed by atoms with Crippen molar-refractivity contribution in [1.82, 2.24) is 4.31 Å². The Morgan fingerprint density at radius 1 is 1.50 bits per heavy atom. The van der Waals surface area contributed by atoms with Gasteiger partial charge in [-0.15, -0.1) is 0 Å². The van der Waals surface area contributed by atoms with E-state index in [4.69, 9.17) is 10.8 Å². The highest BCUT2D eigenvalue weighted by molar-refractivity contribution is 7.89. The molecule has 1 unspecified atom stereocenters. The summed E-state index contributed by atoms with van der Waals surface area (Å²) in [6.07, 6.45) is 1.44. The second kappa shape index (κ2) is 5.67. The van der Waals surface area contributed by atoms with Gasteiger partial charge in [-0.2, -0.15) is 4.31 Å². The normalized spacial score (nSPS) is 21.1. The van der Waals surface area contributed by atoms with Gasteiger partial charge < -0.3 is 10.8 Å². The van der Waals surface area contributed by atoms with E-state index in [0.717, 1.165) is 12.5 Å². The van der Waals surface area contributed by atoms with Gasteiger partial charge >= 0.3 is 0 Å². The quantitative estimate of drug-likeness (QED) is 0.819. The van der Waals surface area contributed by atoms with Crippen LogP contribution in [0.3, 0.4) is 0 Å². The van der Waals surface area contributed by atoms with Gasteiger partial charge in [-0.25, -0.2) is 12.8 Å². The van der Waals surface area contributed by atoms with Gasteiger partial charge in [0.25, 0.3) is 0 Å². The van der Waals surface area contributed by atoms with E-state index in [2.05, 4.69) is 0 Å². The van der Waals surface area contributed by atoms with Gasteiger partial charge in [0.15, 0.2) is 0 Å². The van der Waals surface area contributed by atoms with E-state index >= 15 is 0 Å². The van der Waals surface area contributed by atoms with Crippen LogP contribution in [0.1, 0.15) is 18.4 Å². The lowest BCUT2D eigenvalue weighted by Gasteiger charge is -2.31. The maximum atomic E-state index is 13.9. The number of nitrogen functional groups attached to an aromatic ring is 1. The first kappa shape index (κ1) is 15.2. The second-order valence-electron chi connectivity index (χ2n) is 5.19. The molecule has 1 heterocycles. The van der Waals surface area contributed by atoms with Crippen LogP contribution in [0.15, 0.2) is 17.0 Å². The summed E-state index contributed by atoms with van der Waals surface area (Å²) < 4.78 is 40.1. The van der Waals surface area contributed by atoms with E-state index in [1.54, 1.807) is 6.92 Å². The number of aryl methyl sites for hydroxylation is 1. The van der Waals surface area contributed by atoms with Crippen LogP contribution >= 0.6 is 0 Å². The molecule has 1 fully saturated rings. The minimum atomic E-state index is -3.91. The van der Waals surface area contributed by atoms with Crippen molar-refractivity contribution >= 4 is 15.7 Å². The highest BCUT2D eigenvalue weighted by Crippen LogP contribution is 2.27. The van der Waals surface area contributed by atoms with E-state index in [-0.39, 0.29) is 29.7 Å². The summed E-state index contributed by atoms with van der Waals surface area (Å²) in [7, 11) is -3.91. The topological polar surface area (TPSA) is 83.6 Å². The number of aliphatic hydroxyl groups excluding tert-OH is 1. The molecule has 0 radical (unpaired) electrons. The number of nitrogens with two attached hydrogens (primary N) is 1. The molecule has 1 aliphatic heterocycles. The lowest BCUT2D eigenvalue weighted by Crippen LogP contribution is -2.41. The molecule has 1 atom stereocenters. The largest absolute Gasteiger partial charge is 0.398 e. The van der Waals surface area contributed by atoms with Gasteiger partial charge in [0.1, 0.15) is 10.7 Å². The summed E-state index contributed by atoms with van der Waals surface area (Å²) in [6, 6.07) is 2.30. The zero-order valence-corrected chi connectivity index (χ0v) is 12.2. The Bertz CT molecular complexity index is 604. The summed E-state index contributed by atoms with van der Waals surface area (Å²) in [5, 5.41) is 9.16. The van der Waals surface area contributed by atoms with Crippen LogP contribution < -0.4 is 5.73 Å². The van der Waals surface area contributed by atoms with Crippen molar-refractivity contribution < 1.29 is 17.9 Å². The Labute approximate surface area is 118 Å². The number of benzene rings is 1. The Morgan fingerprint density at radius 2 is 2.20 bits per heavy atom. The van der Waals surface area contributed by atoms with Crippen molar-refractivity contribution in [2.45, 2.75) is 24.7 Å². The molecular weight excluding hydrogens is 283 g/mol. The van der Waals surface area contributed by atoms with Gasteiger partial charge in [0.2, 0.25) is 10.0 Å². The van der Waals surface area contributed by atoms with Gasteiger partial charge in [-0.1, -0.05) is 0 Å². The summed E-state index contributed by atoms with van der Waals surface area (Å²) in [4.78, 5) is -0.390. The zero-order valence-electron chi connectivity index (χ0n) is 11.3. The first-order chi connectivity index (χ1) is 9.36. The third-order valence-corrected chi connectivity index (χ3v) is 5.56. The lowest BCUT2D eigenvalue weighted by molar-refractivity contribution is 0.165. The fourth-order valence-electron chi connectivity index (χ4n) is 2.40. The Hall–Kier alpha value is -1.18. The minimum absolute atomic E-state index is 0.0649. The van der Waals surface area contributed by atoms with E-state index in [9.17, 15) is 12.8 Å². The number of nitrogens with zero attached hydrogens (tertiary/aromatic N) is 1. The highest BCUT2D eigenvalue weighted by Gasteiger charge is 2.32. The average Bonchev–Trinajstić information content (AvgIpc) is 2.42. The number of rotatable bonds is 3. The number of hydrogen-bond donors (Lipinski definition) is 2. The van der Waals surface area contributed by atoms with Crippen LogP contribution in [-0.4, -0.2) is 37.5 Å². The average molecular weight is 302 g/mol. The maximum absolute atomic E-state index is 13.9. The molecule has 0 amide bonds. The first-order valence-corrected chi connectivity index (χ1v) is 7.97. The maximum Gasteiger partial charge on any atom is 0.246 e. The number of piperidine rings is 1. The summed E-state index contributed by atoms with van der Waals surface area (Å²) in [5.41, 5.74) is 6.44. The molecule has 0 aliphatic carbocycles. The predicted octanol–water partition coefficient (Wildman–Crippen LogP) is 1.11.